The van der Waals surface area contributed by atoms with Gasteiger partial charge in [-0.2, -0.15) is 13.2 Å². The summed E-state index contributed by atoms with van der Waals surface area (Å²) in [6, 6.07) is 2.53. The molecule has 0 saturated carbocycles. The number of aromatic nitrogens is 2. The normalized spacial score (nSPS) is 25.9. The number of rotatable bonds is 4. The number of halogens is 4. The third kappa shape index (κ3) is 4.98. The SMILES string of the molecule is C[C@@H]1C[C@@H](O)c2ncnc(N3CCN(C(=O)C(c4ccc(F)c(C(F)(F)F)c4)C4CCC(C)(C)N4)CC3)c21. The van der Waals surface area contributed by atoms with Crippen LogP contribution in [-0.2, 0) is 11.0 Å². The van der Waals surface area contributed by atoms with E-state index in [4.69, 9.17) is 0 Å². The second-order valence-electron chi connectivity index (χ2n) is 11.3. The van der Waals surface area contributed by atoms with E-state index in [0.717, 1.165) is 29.9 Å². The van der Waals surface area contributed by atoms with Crippen molar-refractivity contribution in [3.63, 3.8) is 0 Å². The van der Waals surface area contributed by atoms with E-state index in [1.165, 1.54) is 12.4 Å². The van der Waals surface area contributed by atoms with Crippen LogP contribution in [0, 0.1) is 5.82 Å². The summed E-state index contributed by atoms with van der Waals surface area (Å²) in [7, 11) is 0. The number of carbonyl (C=O) groups is 1. The molecule has 206 valence electrons. The molecule has 2 N–H and O–H groups in total. The van der Waals surface area contributed by atoms with Crippen LogP contribution < -0.4 is 10.2 Å². The van der Waals surface area contributed by atoms with Crippen LogP contribution in [0.4, 0.5) is 23.4 Å². The van der Waals surface area contributed by atoms with Crippen molar-refractivity contribution in [2.75, 3.05) is 31.1 Å². The summed E-state index contributed by atoms with van der Waals surface area (Å²) < 4.78 is 54.6. The number of fused-ring (bicyclic) bond motifs is 1. The topological polar surface area (TPSA) is 81.6 Å². The molecule has 1 aliphatic carbocycles. The van der Waals surface area contributed by atoms with Crippen molar-refractivity contribution in [1.29, 1.82) is 0 Å². The number of nitrogens with zero attached hydrogens (tertiary/aromatic N) is 4. The Labute approximate surface area is 219 Å². The molecule has 3 aliphatic rings. The molecular weight excluding hydrogens is 502 g/mol. The lowest BCUT2D eigenvalue weighted by Crippen LogP contribution is -2.53. The Morgan fingerprint density at radius 1 is 1.18 bits per heavy atom. The number of amides is 1. The van der Waals surface area contributed by atoms with Crippen molar-refractivity contribution in [3.05, 3.63) is 52.7 Å². The van der Waals surface area contributed by atoms with E-state index in [2.05, 4.69) is 20.2 Å². The van der Waals surface area contributed by atoms with Gasteiger partial charge in [-0.15, -0.1) is 0 Å². The lowest BCUT2D eigenvalue weighted by Gasteiger charge is -2.39. The smallest absolute Gasteiger partial charge is 0.387 e. The van der Waals surface area contributed by atoms with Crippen molar-refractivity contribution in [3.8, 4) is 0 Å². The Bertz CT molecular complexity index is 1210. The minimum atomic E-state index is -4.86. The zero-order valence-corrected chi connectivity index (χ0v) is 21.7. The first-order chi connectivity index (χ1) is 17.9. The lowest BCUT2D eigenvalue weighted by atomic mass is 9.87. The molecule has 2 unspecified atom stereocenters. The molecule has 0 bridgehead atoms. The quantitative estimate of drug-likeness (QED) is 0.573. The maximum Gasteiger partial charge on any atom is 0.419 e. The Morgan fingerprint density at radius 3 is 2.53 bits per heavy atom. The average molecular weight is 536 g/mol. The maximum absolute atomic E-state index is 14.1. The van der Waals surface area contributed by atoms with E-state index in [1.54, 1.807) is 4.90 Å². The van der Waals surface area contributed by atoms with E-state index in [1.807, 2.05) is 20.8 Å². The first-order valence-corrected chi connectivity index (χ1v) is 13.1. The van der Waals surface area contributed by atoms with E-state index in [9.17, 15) is 27.5 Å². The van der Waals surface area contributed by atoms with Crippen LogP contribution in [0.5, 0.6) is 0 Å². The fourth-order valence-corrected chi connectivity index (χ4v) is 6.20. The summed E-state index contributed by atoms with van der Waals surface area (Å²) in [5, 5.41) is 13.7. The van der Waals surface area contributed by atoms with Gasteiger partial charge in [0.05, 0.1) is 23.3 Å². The second kappa shape index (κ2) is 9.75. The third-order valence-electron chi connectivity index (χ3n) is 8.15. The molecule has 7 nitrogen and oxygen atoms in total. The predicted octanol–water partition coefficient (Wildman–Crippen LogP) is 4.14. The minimum absolute atomic E-state index is 0.110. The summed E-state index contributed by atoms with van der Waals surface area (Å²) in [6.45, 7) is 7.74. The maximum atomic E-state index is 14.1. The van der Waals surface area contributed by atoms with Gasteiger partial charge in [-0.3, -0.25) is 4.79 Å². The van der Waals surface area contributed by atoms with Gasteiger partial charge in [-0.05, 0) is 56.7 Å². The van der Waals surface area contributed by atoms with Crippen molar-refractivity contribution >= 4 is 11.7 Å². The number of piperazine rings is 1. The highest BCUT2D eigenvalue weighted by Gasteiger charge is 2.43. The van der Waals surface area contributed by atoms with E-state index < -0.39 is 29.6 Å². The number of aliphatic hydroxyl groups excluding tert-OH is 1. The van der Waals surface area contributed by atoms with Crippen LogP contribution in [0.25, 0.3) is 0 Å². The molecule has 5 rings (SSSR count). The van der Waals surface area contributed by atoms with Crippen molar-refractivity contribution in [2.24, 2.45) is 0 Å². The van der Waals surface area contributed by atoms with Crippen molar-refractivity contribution in [2.45, 2.75) is 75.7 Å². The van der Waals surface area contributed by atoms with Gasteiger partial charge in [-0.25, -0.2) is 14.4 Å². The molecule has 0 radical (unpaired) electrons. The van der Waals surface area contributed by atoms with Crippen LogP contribution in [-0.4, -0.2) is 63.6 Å². The molecule has 2 saturated heterocycles. The molecule has 38 heavy (non-hydrogen) atoms. The number of nitrogens with one attached hydrogen (secondary N) is 1. The summed E-state index contributed by atoms with van der Waals surface area (Å²) in [6.07, 6.45) is -2.05. The van der Waals surface area contributed by atoms with Crippen LogP contribution in [0.15, 0.2) is 24.5 Å². The number of aliphatic hydroxyl groups is 1. The van der Waals surface area contributed by atoms with Gasteiger partial charge in [0, 0.05) is 43.3 Å². The number of alkyl halides is 3. The monoisotopic (exact) mass is 535 g/mol. The molecule has 1 aromatic heterocycles. The predicted molar refractivity (Wildman–Crippen MR) is 133 cm³/mol. The molecule has 2 aromatic rings. The zero-order chi connectivity index (χ0) is 27.4. The summed E-state index contributed by atoms with van der Waals surface area (Å²) in [5.74, 6) is -1.62. The summed E-state index contributed by atoms with van der Waals surface area (Å²) >= 11 is 0. The molecule has 2 fully saturated rings. The minimum Gasteiger partial charge on any atom is -0.387 e. The zero-order valence-electron chi connectivity index (χ0n) is 21.7. The number of benzene rings is 1. The van der Waals surface area contributed by atoms with Crippen molar-refractivity contribution in [1.82, 2.24) is 20.2 Å². The van der Waals surface area contributed by atoms with Crippen LogP contribution >= 0.6 is 0 Å². The average Bonchev–Trinajstić information content (AvgIpc) is 3.37. The largest absolute Gasteiger partial charge is 0.419 e. The molecule has 1 amide bonds. The third-order valence-corrected chi connectivity index (χ3v) is 8.15. The molecule has 11 heteroatoms. The van der Waals surface area contributed by atoms with Crippen LogP contribution in [0.1, 0.15) is 80.4 Å². The van der Waals surface area contributed by atoms with E-state index in [0.29, 0.717) is 44.7 Å². The number of anilines is 1. The van der Waals surface area contributed by atoms with Gasteiger partial charge < -0.3 is 20.2 Å². The Balaban J connectivity index is 1.39. The fourth-order valence-electron chi connectivity index (χ4n) is 6.20. The lowest BCUT2D eigenvalue weighted by molar-refractivity contribution is -0.140. The van der Waals surface area contributed by atoms with E-state index >= 15 is 0 Å². The Morgan fingerprint density at radius 2 is 1.89 bits per heavy atom. The van der Waals surface area contributed by atoms with Gasteiger partial charge >= 0.3 is 6.18 Å². The summed E-state index contributed by atoms with van der Waals surface area (Å²) in [5.41, 5.74) is 0.124. The van der Waals surface area contributed by atoms with Crippen LogP contribution in [0.2, 0.25) is 0 Å². The van der Waals surface area contributed by atoms with Gasteiger partial charge in [0.15, 0.2) is 0 Å². The van der Waals surface area contributed by atoms with Gasteiger partial charge in [0.25, 0.3) is 0 Å². The first kappa shape index (κ1) is 26.8. The Hall–Kier alpha value is -2.79. The fraction of sp³-hybridized carbons (Fsp3) is 0.593. The molecule has 0 spiro atoms. The highest BCUT2D eigenvalue weighted by Crippen LogP contribution is 2.43. The summed E-state index contributed by atoms with van der Waals surface area (Å²) in [4.78, 5) is 26.4. The van der Waals surface area contributed by atoms with Gasteiger partial charge in [0.2, 0.25) is 5.91 Å². The number of carbonyl (C=O) groups excluding carboxylic acids is 1. The van der Waals surface area contributed by atoms with Crippen molar-refractivity contribution < 1.29 is 27.5 Å². The molecular formula is C27H33F4N5O2. The standard InChI is InChI=1S/C27H33F4N5O2/c1-15-12-20(37)23-21(15)24(33-14-32-23)35-8-10-36(11-9-35)25(38)22(19-6-7-26(2,3)34-19)16-4-5-18(28)17(13-16)27(29,30)31/h4-5,13-15,19-20,22,34,37H,6-12H2,1-3H3/t15-,19?,20-,22?/m1/s1. The Kier molecular flexibility index (Phi) is 6.88. The number of hydrogen-bond donors (Lipinski definition) is 2. The van der Waals surface area contributed by atoms with Gasteiger partial charge in [0.1, 0.15) is 18.0 Å². The highest BCUT2D eigenvalue weighted by atomic mass is 19.4. The van der Waals surface area contributed by atoms with Crippen LogP contribution in [0.3, 0.4) is 0 Å². The van der Waals surface area contributed by atoms with E-state index in [-0.39, 0.29) is 29.0 Å². The molecule has 4 atom stereocenters. The first-order valence-electron chi connectivity index (χ1n) is 13.1. The molecule has 2 aliphatic heterocycles. The molecule has 3 heterocycles. The highest BCUT2D eigenvalue weighted by molar-refractivity contribution is 5.85. The molecule has 1 aromatic carbocycles. The number of hydrogen-bond acceptors (Lipinski definition) is 6. The second-order valence-corrected chi connectivity index (χ2v) is 11.3. The van der Waals surface area contributed by atoms with Gasteiger partial charge in [-0.1, -0.05) is 13.0 Å².